The summed E-state index contributed by atoms with van der Waals surface area (Å²) in [5.41, 5.74) is 2.59. The van der Waals surface area contributed by atoms with Gasteiger partial charge in [-0.2, -0.15) is 5.10 Å². The lowest BCUT2D eigenvalue weighted by molar-refractivity contribution is 0.0928. The number of para-hydroxylation sites is 1. The fourth-order valence-corrected chi connectivity index (χ4v) is 3.51. The molecule has 1 aromatic heterocycles. The second-order valence-electron chi connectivity index (χ2n) is 7.39. The lowest BCUT2D eigenvalue weighted by Crippen LogP contribution is -2.44. The summed E-state index contributed by atoms with van der Waals surface area (Å²) in [6.45, 7) is 2.62. The first-order valence-corrected chi connectivity index (χ1v) is 9.30. The minimum Gasteiger partial charge on any atom is -0.350 e. The van der Waals surface area contributed by atoms with Crippen molar-refractivity contribution in [1.29, 1.82) is 0 Å². The highest BCUT2D eigenvalue weighted by molar-refractivity contribution is 5.97. The number of carbonyl (C=O) groups excluding carboxylic acids is 1. The van der Waals surface area contributed by atoms with Gasteiger partial charge < -0.3 is 15.1 Å². The maximum Gasteiger partial charge on any atom is 0.253 e. The molecule has 1 atom stereocenters. The molecule has 3 rings (SSSR count). The van der Waals surface area contributed by atoms with Gasteiger partial charge in [0.2, 0.25) is 0 Å². The molecule has 0 saturated carbocycles. The molecule has 1 N–H and O–H groups in total. The lowest BCUT2D eigenvalue weighted by atomic mass is 10.0. The Balaban J connectivity index is 1.72. The number of nitrogens with one attached hydrogen (secondary N) is 1. The van der Waals surface area contributed by atoms with Crippen LogP contribution in [-0.4, -0.2) is 65.8 Å². The number of piperidine rings is 1. The molecule has 0 bridgehead atoms. The van der Waals surface area contributed by atoms with Crippen LogP contribution in [0.1, 0.15) is 35.2 Å². The number of amides is 1. The van der Waals surface area contributed by atoms with Gasteiger partial charge in [-0.1, -0.05) is 18.6 Å². The molecule has 2 heterocycles. The van der Waals surface area contributed by atoms with Crippen LogP contribution in [0.4, 0.5) is 0 Å². The molecule has 2 aromatic rings. The SMILES string of the molecule is CN(C)Cc1cnn(-c2ccccc2C(=O)NC[C@H]2CCCCN2C)c1. The Morgan fingerprint density at radius 1 is 1.31 bits per heavy atom. The van der Waals surface area contributed by atoms with Crippen LogP contribution < -0.4 is 5.32 Å². The van der Waals surface area contributed by atoms with E-state index in [0.29, 0.717) is 18.2 Å². The van der Waals surface area contributed by atoms with Crippen molar-refractivity contribution in [1.82, 2.24) is 24.9 Å². The van der Waals surface area contributed by atoms with Crippen LogP contribution in [0.5, 0.6) is 0 Å². The topological polar surface area (TPSA) is 53.4 Å². The fraction of sp³-hybridized carbons (Fsp3) is 0.500. The average molecular weight is 355 g/mol. The molecule has 1 saturated heterocycles. The molecule has 0 radical (unpaired) electrons. The molecule has 140 valence electrons. The molecule has 0 aliphatic carbocycles. The normalized spacial score (nSPS) is 18.2. The molecule has 6 nitrogen and oxygen atoms in total. The Morgan fingerprint density at radius 2 is 2.12 bits per heavy atom. The van der Waals surface area contributed by atoms with Crippen molar-refractivity contribution in [3.05, 3.63) is 47.8 Å². The number of nitrogens with zero attached hydrogens (tertiary/aromatic N) is 4. The van der Waals surface area contributed by atoms with Crippen molar-refractivity contribution in [2.45, 2.75) is 31.8 Å². The number of hydrogen-bond donors (Lipinski definition) is 1. The molecule has 1 aliphatic rings. The summed E-state index contributed by atoms with van der Waals surface area (Å²) >= 11 is 0. The summed E-state index contributed by atoms with van der Waals surface area (Å²) in [7, 11) is 6.20. The Hall–Kier alpha value is -2.18. The smallest absolute Gasteiger partial charge is 0.253 e. The number of carbonyl (C=O) groups is 1. The Morgan fingerprint density at radius 3 is 2.88 bits per heavy atom. The monoisotopic (exact) mass is 355 g/mol. The number of likely N-dealkylation sites (N-methyl/N-ethyl adjacent to an activating group) is 1. The van der Waals surface area contributed by atoms with Crippen LogP contribution in [0.15, 0.2) is 36.7 Å². The van der Waals surface area contributed by atoms with Gasteiger partial charge in [0.15, 0.2) is 0 Å². The van der Waals surface area contributed by atoms with Crippen molar-refractivity contribution >= 4 is 5.91 Å². The number of hydrogen-bond acceptors (Lipinski definition) is 4. The van der Waals surface area contributed by atoms with Crippen molar-refractivity contribution in [3.63, 3.8) is 0 Å². The van der Waals surface area contributed by atoms with Gasteiger partial charge in [-0.25, -0.2) is 4.68 Å². The van der Waals surface area contributed by atoms with E-state index in [0.717, 1.165) is 30.8 Å². The zero-order chi connectivity index (χ0) is 18.5. The molecule has 0 unspecified atom stereocenters. The number of aromatic nitrogens is 2. The van der Waals surface area contributed by atoms with E-state index >= 15 is 0 Å². The summed E-state index contributed by atoms with van der Waals surface area (Å²) in [6, 6.07) is 8.07. The van der Waals surface area contributed by atoms with Crippen LogP contribution in [-0.2, 0) is 6.54 Å². The van der Waals surface area contributed by atoms with Crippen molar-refractivity contribution in [2.75, 3.05) is 34.2 Å². The van der Waals surface area contributed by atoms with E-state index in [1.54, 1.807) is 4.68 Å². The van der Waals surface area contributed by atoms with Crippen molar-refractivity contribution in [2.24, 2.45) is 0 Å². The van der Waals surface area contributed by atoms with Crippen LogP contribution in [0.3, 0.4) is 0 Å². The zero-order valence-electron chi connectivity index (χ0n) is 16.0. The lowest BCUT2D eigenvalue weighted by Gasteiger charge is -2.32. The second-order valence-corrected chi connectivity index (χ2v) is 7.39. The predicted molar refractivity (Wildman–Crippen MR) is 104 cm³/mol. The minimum absolute atomic E-state index is 0.0377. The first-order valence-electron chi connectivity index (χ1n) is 9.30. The van der Waals surface area contributed by atoms with Gasteiger partial charge in [-0.15, -0.1) is 0 Å². The fourth-order valence-electron chi connectivity index (χ4n) is 3.51. The summed E-state index contributed by atoms with van der Waals surface area (Å²) in [5, 5.41) is 7.56. The third-order valence-electron chi connectivity index (χ3n) is 4.95. The number of rotatable bonds is 6. The van der Waals surface area contributed by atoms with E-state index in [9.17, 15) is 4.79 Å². The van der Waals surface area contributed by atoms with Crippen LogP contribution >= 0.6 is 0 Å². The molecule has 1 aromatic carbocycles. The van der Waals surface area contributed by atoms with E-state index in [1.807, 2.05) is 50.8 Å². The third kappa shape index (κ3) is 4.51. The summed E-state index contributed by atoms with van der Waals surface area (Å²) in [4.78, 5) is 17.2. The molecule has 26 heavy (non-hydrogen) atoms. The Labute approximate surface area is 155 Å². The molecule has 0 spiro atoms. The van der Waals surface area contributed by atoms with E-state index in [4.69, 9.17) is 0 Å². The quantitative estimate of drug-likeness (QED) is 0.863. The highest BCUT2D eigenvalue weighted by Gasteiger charge is 2.20. The van der Waals surface area contributed by atoms with Gasteiger partial charge >= 0.3 is 0 Å². The first kappa shape index (κ1) is 18.6. The number of benzene rings is 1. The minimum atomic E-state index is -0.0377. The maximum absolute atomic E-state index is 12.8. The summed E-state index contributed by atoms with van der Waals surface area (Å²) in [6.07, 6.45) is 7.47. The van der Waals surface area contributed by atoms with Gasteiger partial charge in [0, 0.05) is 30.9 Å². The number of likely N-dealkylation sites (tertiary alicyclic amines) is 1. The van der Waals surface area contributed by atoms with Gasteiger partial charge in [0.1, 0.15) is 0 Å². The van der Waals surface area contributed by atoms with E-state index in [-0.39, 0.29) is 5.91 Å². The molecular weight excluding hydrogens is 326 g/mol. The summed E-state index contributed by atoms with van der Waals surface area (Å²) in [5.74, 6) is -0.0377. The molecular formula is C20H29N5O. The zero-order valence-corrected chi connectivity index (χ0v) is 16.0. The van der Waals surface area contributed by atoms with Crippen molar-refractivity contribution < 1.29 is 4.79 Å². The van der Waals surface area contributed by atoms with Crippen LogP contribution in [0.25, 0.3) is 5.69 Å². The standard InChI is InChI=1S/C20H29N5O/c1-23(2)14-16-12-22-25(15-16)19-10-5-4-9-18(19)20(26)21-13-17-8-6-7-11-24(17)3/h4-5,9-10,12,15,17H,6-8,11,13-14H2,1-3H3,(H,21,26)/t17-/m1/s1. The van der Waals surface area contributed by atoms with Gasteiger partial charge in [-0.05, 0) is 52.7 Å². The third-order valence-corrected chi connectivity index (χ3v) is 4.95. The maximum atomic E-state index is 12.8. The first-order chi connectivity index (χ1) is 12.5. The predicted octanol–water partition coefficient (Wildman–Crippen LogP) is 2.15. The van der Waals surface area contributed by atoms with Crippen LogP contribution in [0.2, 0.25) is 0 Å². The Bertz CT molecular complexity index is 739. The molecule has 1 aliphatic heterocycles. The van der Waals surface area contributed by atoms with E-state index in [1.165, 1.54) is 12.8 Å². The van der Waals surface area contributed by atoms with Gasteiger partial charge in [0.05, 0.1) is 17.4 Å². The van der Waals surface area contributed by atoms with Crippen LogP contribution in [0, 0.1) is 0 Å². The highest BCUT2D eigenvalue weighted by Crippen LogP contribution is 2.17. The molecule has 1 fully saturated rings. The molecule has 1 amide bonds. The van der Waals surface area contributed by atoms with E-state index < -0.39 is 0 Å². The average Bonchev–Trinajstić information content (AvgIpc) is 3.08. The van der Waals surface area contributed by atoms with Gasteiger partial charge in [0.25, 0.3) is 5.91 Å². The van der Waals surface area contributed by atoms with Gasteiger partial charge in [-0.3, -0.25) is 4.79 Å². The molecule has 6 heteroatoms. The Kier molecular flexibility index (Phi) is 6.06. The van der Waals surface area contributed by atoms with E-state index in [2.05, 4.69) is 27.3 Å². The largest absolute Gasteiger partial charge is 0.350 e. The summed E-state index contributed by atoms with van der Waals surface area (Å²) < 4.78 is 1.79. The second kappa shape index (κ2) is 8.47. The van der Waals surface area contributed by atoms with Crippen molar-refractivity contribution in [3.8, 4) is 5.69 Å². The highest BCUT2D eigenvalue weighted by atomic mass is 16.1.